The lowest BCUT2D eigenvalue weighted by molar-refractivity contribution is -0.320. The normalized spacial score (nSPS) is 11.8. The number of halogens is 3. The molecule has 0 bridgehead atoms. The molecule has 0 amide bonds. The maximum Gasteiger partial charge on any atom is 0.389 e. The number of unbranched alkanes of at least 4 members (excludes halogenated alkanes) is 1. The molecule has 0 aliphatic rings. The van der Waals surface area contributed by atoms with Crippen molar-refractivity contribution in [1.82, 2.24) is 14.3 Å². The minimum atomic E-state index is -4.35. The summed E-state index contributed by atoms with van der Waals surface area (Å²) in [5.74, 6) is -1.02. The Morgan fingerprint density at radius 2 is 1.87 bits per heavy atom. The van der Waals surface area contributed by atoms with E-state index in [4.69, 9.17) is 4.74 Å². The van der Waals surface area contributed by atoms with E-state index in [1.54, 1.807) is 38.1 Å². The van der Waals surface area contributed by atoms with Crippen LogP contribution in [0.15, 0.2) is 45.5 Å². The average molecular weight is 540 g/mol. The first kappa shape index (κ1) is 30.7. The second-order valence-electron chi connectivity index (χ2n) is 9.70. The third-order valence-corrected chi connectivity index (χ3v) is 5.58. The zero-order chi connectivity index (χ0) is 28.5. The van der Waals surface area contributed by atoms with Gasteiger partial charge in [-0.05, 0) is 71.1 Å². The topological polar surface area (TPSA) is 118 Å². The molecule has 0 aliphatic heterocycles. The summed E-state index contributed by atoms with van der Waals surface area (Å²) >= 11 is 0. The van der Waals surface area contributed by atoms with E-state index in [1.807, 2.05) is 6.07 Å². The fraction of sp³-hybridized carbons (Fsp3) is 0.538. The largest absolute Gasteiger partial charge is 0.546 e. The quantitative estimate of drug-likeness (QED) is 0.290. The number of hydrogen-bond donors (Lipinski definition) is 1. The molecule has 0 unspecified atom stereocenters. The first-order valence-corrected chi connectivity index (χ1v) is 12.3. The molecule has 12 heteroatoms. The summed E-state index contributed by atoms with van der Waals surface area (Å²) in [5, 5.41) is 18.1. The van der Waals surface area contributed by atoms with Crippen molar-refractivity contribution in [2.24, 2.45) is 0 Å². The zero-order valence-corrected chi connectivity index (χ0v) is 22.1. The van der Waals surface area contributed by atoms with Gasteiger partial charge in [0, 0.05) is 26.1 Å². The maximum atomic E-state index is 12.8. The van der Waals surface area contributed by atoms with E-state index in [9.17, 15) is 32.7 Å². The van der Waals surface area contributed by atoms with Crippen molar-refractivity contribution < 1.29 is 27.8 Å². The number of carboxylic acids is 1. The summed E-state index contributed by atoms with van der Waals surface area (Å²) in [6.07, 6.45) is -2.09. The summed E-state index contributed by atoms with van der Waals surface area (Å²) in [6.45, 7) is 6.49. The zero-order valence-electron chi connectivity index (χ0n) is 22.1. The SMILES string of the molecule is CC(C)=CCn1c(=O)c(NCCCCc2cccc(OC(C)(C)C(=O)[O-])c2)nn(CCCC(F)(F)F)c1=O. The van der Waals surface area contributed by atoms with Gasteiger partial charge in [-0.3, -0.25) is 9.36 Å². The Morgan fingerprint density at radius 1 is 1.16 bits per heavy atom. The van der Waals surface area contributed by atoms with Gasteiger partial charge in [0.25, 0.3) is 5.56 Å². The summed E-state index contributed by atoms with van der Waals surface area (Å²) in [4.78, 5) is 36.7. The number of aliphatic carboxylic acids is 1. The van der Waals surface area contributed by atoms with Crippen LogP contribution in [0.25, 0.3) is 0 Å². The third kappa shape index (κ3) is 9.71. The number of nitrogens with zero attached hydrogens (tertiary/aromatic N) is 3. The molecule has 9 nitrogen and oxygen atoms in total. The van der Waals surface area contributed by atoms with E-state index in [1.165, 1.54) is 13.8 Å². The second kappa shape index (κ2) is 13.3. The number of ether oxygens (including phenoxy) is 1. The standard InChI is InChI=1S/C26H35F3N4O5/c1-18(2)12-16-32-22(34)21(31-33(24(32)37)15-8-13-26(27,28)29)30-14-6-5-9-19-10-7-11-20(17-19)38-25(3,4)23(35)36/h7,10-12,17H,5-6,8-9,13-16H2,1-4H3,(H,30,31)(H,35,36)/p-1. The van der Waals surface area contributed by atoms with Crippen molar-refractivity contribution in [3.8, 4) is 5.75 Å². The predicted octanol–water partition coefficient (Wildman–Crippen LogP) is 3.06. The Kier molecular flexibility index (Phi) is 10.7. The smallest absolute Gasteiger partial charge is 0.389 e. The van der Waals surface area contributed by atoms with E-state index < -0.39 is 35.4 Å². The van der Waals surface area contributed by atoms with Gasteiger partial charge in [0.1, 0.15) is 11.4 Å². The fourth-order valence-corrected chi connectivity index (χ4v) is 3.44. The number of carboxylic acid groups (broad SMARTS) is 1. The number of aryl methyl sites for hydroxylation is 2. The monoisotopic (exact) mass is 539 g/mol. The Labute approximate surface area is 218 Å². The number of aromatic nitrogens is 3. The van der Waals surface area contributed by atoms with Gasteiger partial charge < -0.3 is 20.0 Å². The summed E-state index contributed by atoms with van der Waals surface area (Å²) in [6, 6.07) is 7.05. The fourth-order valence-electron chi connectivity index (χ4n) is 3.44. The van der Waals surface area contributed by atoms with Crippen LogP contribution in [0, 0.1) is 0 Å². The lowest BCUT2D eigenvalue weighted by Gasteiger charge is -2.27. The number of allylic oxidation sites excluding steroid dienone is 2. The van der Waals surface area contributed by atoms with Crippen LogP contribution >= 0.6 is 0 Å². The van der Waals surface area contributed by atoms with Crippen molar-refractivity contribution in [2.45, 2.75) is 84.7 Å². The molecule has 0 radical (unpaired) electrons. The maximum absolute atomic E-state index is 12.8. The molecule has 0 saturated heterocycles. The first-order chi connectivity index (χ1) is 17.7. The van der Waals surface area contributed by atoms with Gasteiger partial charge in [0.05, 0.1) is 5.97 Å². The van der Waals surface area contributed by atoms with Crippen LogP contribution in [-0.2, 0) is 24.3 Å². The van der Waals surface area contributed by atoms with E-state index in [2.05, 4.69) is 10.4 Å². The lowest BCUT2D eigenvalue weighted by atomic mass is 10.1. The number of anilines is 1. The Balaban J connectivity index is 2.04. The van der Waals surface area contributed by atoms with Gasteiger partial charge >= 0.3 is 11.9 Å². The molecule has 2 aromatic rings. The molecule has 1 N–H and O–H groups in total. The highest BCUT2D eigenvalue weighted by atomic mass is 19.4. The van der Waals surface area contributed by atoms with Crippen molar-refractivity contribution in [2.75, 3.05) is 11.9 Å². The summed E-state index contributed by atoms with van der Waals surface area (Å²) in [5.41, 5.74) is -1.07. The summed E-state index contributed by atoms with van der Waals surface area (Å²) < 4.78 is 45.0. The molecule has 0 aliphatic carbocycles. The molecule has 0 saturated carbocycles. The lowest BCUT2D eigenvalue weighted by Crippen LogP contribution is -2.47. The van der Waals surface area contributed by atoms with Gasteiger partial charge in [-0.2, -0.15) is 13.2 Å². The number of hydrogen-bond acceptors (Lipinski definition) is 7. The van der Waals surface area contributed by atoms with Gasteiger partial charge in [-0.15, -0.1) is 5.10 Å². The molecule has 1 aromatic heterocycles. The molecule has 0 spiro atoms. The Bertz CT molecular complexity index is 1240. The molecule has 38 heavy (non-hydrogen) atoms. The average Bonchev–Trinajstić information content (AvgIpc) is 2.80. The minimum Gasteiger partial charge on any atom is -0.546 e. The molecular weight excluding hydrogens is 505 g/mol. The second-order valence-corrected chi connectivity index (χ2v) is 9.70. The van der Waals surface area contributed by atoms with Gasteiger partial charge in [0.15, 0.2) is 0 Å². The molecule has 1 aromatic carbocycles. The number of carbonyl (C=O) groups excluding carboxylic acids is 1. The minimum absolute atomic E-state index is 0.0103. The van der Waals surface area contributed by atoms with Crippen LogP contribution in [0.3, 0.4) is 0 Å². The Hall–Kier alpha value is -3.57. The van der Waals surface area contributed by atoms with E-state index in [0.717, 1.165) is 20.4 Å². The third-order valence-electron chi connectivity index (χ3n) is 5.58. The van der Waals surface area contributed by atoms with Gasteiger partial charge in [0.2, 0.25) is 5.82 Å². The number of benzene rings is 1. The highest BCUT2D eigenvalue weighted by Gasteiger charge is 2.26. The number of rotatable bonds is 14. The van der Waals surface area contributed by atoms with Crippen LogP contribution in [0.4, 0.5) is 19.0 Å². The molecule has 2 rings (SSSR count). The number of nitrogens with one attached hydrogen (secondary N) is 1. The van der Waals surface area contributed by atoms with E-state index in [0.29, 0.717) is 31.6 Å². The number of carbonyl (C=O) groups is 1. The van der Waals surface area contributed by atoms with Gasteiger partial charge in [-0.25, -0.2) is 9.48 Å². The van der Waals surface area contributed by atoms with E-state index >= 15 is 0 Å². The van der Waals surface area contributed by atoms with Crippen molar-refractivity contribution >= 4 is 11.8 Å². The van der Waals surface area contributed by atoms with Crippen molar-refractivity contribution in [1.29, 1.82) is 0 Å². The van der Waals surface area contributed by atoms with E-state index in [-0.39, 0.29) is 25.3 Å². The highest BCUT2D eigenvalue weighted by molar-refractivity contribution is 5.74. The Morgan fingerprint density at radius 3 is 2.50 bits per heavy atom. The van der Waals surface area contributed by atoms with Crippen LogP contribution in [0.1, 0.15) is 58.9 Å². The molecular formula is C26H34F3N4O5-. The summed E-state index contributed by atoms with van der Waals surface area (Å²) in [7, 11) is 0. The van der Waals surface area contributed by atoms with Crippen LogP contribution < -0.4 is 26.4 Å². The van der Waals surface area contributed by atoms with Crippen LogP contribution in [-0.4, -0.2) is 38.6 Å². The predicted molar refractivity (Wildman–Crippen MR) is 135 cm³/mol. The van der Waals surface area contributed by atoms with Crippen LogP contribution in [0.2, 0.25) is 0 Å². The van der Waals surface area contributed by atoms with Gasteiger partial charge in [-0.1, -0.05) is 23.8 Å². The molecule has 0 atom stereocenters. The number of alkyl halides is 3. The first-order valence-electron chi connectivity index (χ1n) is 12.3. The molecule has 0 fully saturated rings. The molecule has 210 valence electrons. The van der Waals surface area contributed by atoms with Crippen LogP contribution in [0.5, 0.6) is 5.75 Å². The molecule has 1 heterocycles. The van der Waals surface area contributed by atoms with Crippen molar-refractivity contribution in [3.05, 3.63) is 62.3 Å². The van der Waals surface area contributed by atoms with Crippen molar-refractivity contribution in [3.63, 3.8) is 0 Å². The highest BCUT2D eigenvalue weighted by Crippen LogP contribution is 2.22.